The predicted molar refractivity (Wildman–Crippen MR) is 60.7 cm³/mol. The Bertz CT molecular complexity index is 319. The maximum atomic E-state index is 5.63. The molecular formula is C12H17NO. The number of hydrogen-bond donors (Lipinski definition) is 1. The molecule has 0 saturated carbocycles. The molecule has 0 aliphatic heterocycles. The Morgan fingerprint density at radius 2 is 1.71 bits per heavy atom. The highest BCUT2D eigenvalue weighted by molar-refractivity contribution is 5.60. The van der Waals surface area contributed by atoms with Gasteiger partial charge in [-0.3, -0.25) is 0 Å². The van der Waals surface area contributed by atoms with Gasteiger partial charge in [-0.2, -0.15) is 0 Å². The van der Waals surface area contributed by atoms with E-state index in [2.05, 4.69) is 6.58 Å². The van der Waals surface area contributed by atoms with Crippen molar-refractivity contribution < 1.29 is 4.74 Å². The van der Waals surface area contributed by atoms with E-state index in [-0.39, 0.29) is 5.60 Å². The number of benzene rings is 1. The highest BCUT2D eigenvalue weighted by Crippen LogP contribution is 2.21. The van der Waals surface area contributed by atoms with E-state index in [1.807, 2.05) is 45.0 Å². The molecule has 2 nitrogen and oxygen atoms in total. The molecule has 0 aliphatic carbocycles. The second-order valence-electron chi connectivity index (χ2n) is 4.26. The standard InChI is InChI=1S/C12H17NO/c1-9(14-12(2,3)4)10-5-7-11(13)8-6-10/h5-8H,1,13H2,2-4H3. The maximum absolute atomic E-state index is 5.63. The first-order valence-electron chi connectivity index (χ1n) is 4.62. The third-order valence-electron chi connectivity index (χ3n) is 1.66. The fraction of sp³-hybridized carbons (Fsp3) is 0.333. The van der Waals surface area contributed by atoms with Crippen LogP contribution in [-0.4, -0.2) is 5.60 Å². The van der Waals surface area contributed by atoms with Crippen LogP contribution in [-0.2, 0) is 4.74 Å². The molecule has 0 spiro atoms. The molecule has 2 N–H and O–H groups in total. The van der Waals surface area contributed by atoms with Gasteiger partial charge < -0.3 is 10.5 Å². The SMILES string of the molecule is C=C(OC(C)(C)C)c1ccc(N)cc1. The summed E-state index contributed by atoms with van der Waals surface area (Å²) in [5, 5.41) is 0. The lowest BCUT2D eigenvalue weighted by Gasteiger charge is -2.22. The molecule has 0 aliphatic rings. The van der Waals surface area contributed by atoms with Gasteiger partial charge in [-0.1, -0.05) is 6.58 Å². The van der Waals surface area contributed by atoms with Crippen LogP contribution in [0.3, 0.4) is 0 Å². The van der Waals surface area contributed by atoms with E-state index in [4.69, 9.17) is 10.5 Å². The minimum absolute atomic E-state index is 0.210. The highest BCUT2D eigenvalue weighted by Gasteiger charge is 2.13. The van der Waals surface area contributed by atoms with Gasteiger partial charge in [0.25, 0.3) is 0 Å². The van der Waals surface area contributed by atoms with E-state index >= 15 is 0 Å². The first-order valence-corrected chi connectivity index (χ1v) is 4.62. The lowest BCUT2D eigenvalue weighted by atomic mass is 10.1. The van der Waals surface area contributed by atoms with Crippen molar-refractivity contribution in [1.82, 2.24) is 0 Å². The average molecular weight is 191 g/mol. The molecule has 0 atom stereocenters. The Morgan fingerprint density at radius 1 is 1.21 bits per heavy atom. The fourth-order valence-electron chi connectivity index (χ4n) is 1.10. The second kappa shape index (κ2) is 3.74. The monoisotopic (exact) mass is 191 g/mol. The highest BCUT2D eigenvalue weighted by atomic mass is 16.5. The number of ether oxygens (including phenoxy) is 1. The van der Waals surface area contributed by atoms with Crippen molar-refractivity contribution in [3.63, 3.8) is 0 Å². The molecule has 76 valence electrons. The van der Waals surface area contributed by atoms with Gasteiger partial charge in [-0.05, 0) is 45.0 Å². The van der Waals surface area contributed by atoms with Crippen LogP contribution in [0, 0.1) is 0 Å². The molecule has 0 amide bonds. The van der Waals surface area contributed by atoms with E-state index in [1.165, 1.54) is 0 Å². The summed E-state index contributed by atoms with van der Waals surface area (Å²) >= 11 is 0. The molecule has 0 bridgehead atoms. The van der Waals surface area contributed by atoms with Crippen LogP contribution in [0.15, 0.2) is 30.8 Å². The third kappa shape index (κ3) is 3.13. The molecule has 1 rings (SSSR count). The average Bonchev–Trinajstić information content (AvgIpc) is 2.02. The van der Waals surface area contributed by atoms with E-state index in [0.29, 0.717) is 5.76 Å². The predicted octanol–water partition coefficient (Wildman–Crippen LogP) is 3.05. The minimum Gasteiger partial charge on any atom is -0.488 e. The Morgan fingerprint density at radius 3 is 2.14 bits per heavy atom. The number of rotatable bonds is 2. The molecule has 0 heterocycles. The van der Waals surface area contributed by atoms with Crippen molar-refractivity contribution in [1.29, 1.82) is 0 Å². The van der Waals surface area contributed by atoms with Crippen LogP contribution < -0.4 is 5.73 Å². The van der Waals surface area contributed by atoms with Crippen molar-refractivity contribution in [3.8, 4) is 0 Å². The smallest absolute Gasteiger partial charge is 0.120 e. The topological polar surface area (TPSA) is 35.2 Å². The van der Waals surface area contributed by atoms with Crippen LogP contribution in [0.5, 0.6) is 0 Å². The maximum Gasteiger partial charge on any atom is 0.120 e. The fourth-order valence-corrected chi connectivity index (χ4v) is 1.10. The summed E-state index contributed by atoms with van der Waals surface area (Å²) in [4.78, 5) is 0. The molecule has 14 heavy (non-hydrogen) atoms. The molecule has 1 aromatic rings. The van der Waals surface area contributed by atoms with Crippen LogP contribution in [0.25, 0.3) is 5.76 Å². The van der Waals surface area contributed by atoms with E-state index in [9.17, 15) is 0 Å². The summed E-state index contributed by atoms with van der Waals surface area (Å²) in [6.07, 6.45) is 0. The van der Waals surface area contributed by atoms with Crippen molar-refractivity contribution in [2.24, 2.45) is 0 Å². The van der Waals surface area contributed by atoms with Crippen LogP contribution in [0.4, 0.5) is 5.69 Å². The Labute approximate surface area is 85.4 Å². The van der Waals surface area contributed by atoms with Gasteiger partial charge in [0.2, 0.25) is 0 Å². The van der Waals surface area contributed by atoms with Crippen molar-refractivity contribution in [2.75, 3.05) is 5.73 Å². The van der Waals surface area contributed by atoms with Crippen molar-refractivity contribution in [2.45, 2.75) is 26.4 Å². The largest absolute Gasteiger partial charge is 0.488 e. The summed E-state index contributed by atoms with van der Waals surface area (Å²) < 4.78 is 5.63. The lowest BCUT2D eigenvalue weighted by molar-refractivity contribution is 0.0976. The van der Waals surface area contributed by atoms with Crippen LogP contribution in [0.2, 0.25) is 0 Å². The first-order chi connectivity index (χ1) is 6.38. The van der Waals surface area contributed by atoms with Gasteiger partial charge in [0.05, 0.1) is 0 Å². The molecule has 2 heteroatoms. The zero-order valence-corrected chi connectivity index (χ0v) is 9.00. The molecule has 0 saturated heterocycles. The summed E-state index contributed by atoms with van der Waals surface area (Å²) in [6, 6.07) is 7.49. The van der Waals surface area contributed by atoms with Gasteiger partial charge in [0.1, 0.15) is 11.4 Å². The van der Waals surface area contributed by atoms with E-state index in [0.717, 1.165) is 11.3 Å². The third-order valence-corrected chi connectivity index (χ3v) is 1.66. The summed E-state index contributed by atoms with van der Waals surface area (Å²) in [7, 11) is 0. The summed E-state index contributed by atoms with van der Waals surface area (Å²) in [5.41, 5.74) is 7.09. The second-order valence-corrected chi connectivity index (χ2v) is 4.26. The molecule has 1 aromatic carbocycles. The lowest BCUT2D eigenvalue weighted by Crippen LogP contribution is -2.17. The van der Waals surface area contributed by atoms with Gasteiger partial charge >= 0.3 is 0 Å². The molecule has 0 fully saturated rings. The number of anilines is 1. The number of nitrogen functional groups attached to an aromatic ring is 1. The van der Waals surface area contributed by atoms with Crippen molar-refractivity contribution >= 4 is 11.4 Å². The molecule has 0 unspecified atom stereocenters. The van der Waals surface area contributed by atoms with Crippen LogP contribution >= 0.6 is 0 Å². The Hall–Kier alpha value is -1.44. The molecule has 0 radical (unpaired) electrons. The number of hydrogen-bond acceptors (Lipinski definition) is 2. The zero-order valence-electron chi connectivity index (χ0n) is 9.00. The van der Waals surface area contributed by atoms with Gasteiger partial charge in [0.15, 0.2) is 0 Å². The van der Waals surface area contributed by atoms with Gasteiger partial charge in [-0.15, -0.1) is 0 Å². The first kappa shape index (κ1) is 10.6. The zero-order chi connectivity index (χ0) is 10.8. The van der Waals surface area contributed by atoms with Crippen molar-refractivity contribution in [3.05, 3.63) is 36.4 Å². The molecular weight excluding hydrogens is 174 g/mol. The van der Waals surface area contributed by atoms with E-state index < -0.39 is 0 Å². The minimum atomic E-state index is -0.210. The van der Waals surface area contributed by atoms with Crippen LogP contribution in [0.1, 0.15) is 26.3 Å². The summed E-state index contributed by atoms with van der Waals surface area (Å²) in [5.74, 6) is 0.678. The van der Waals surface area contributed by atoms with Gasteiger partial charge in [0, 0.05) is 11.3 Å². The normalized spacial score (nSPS) is 11.1. The molecule has 0 aromatic heterocycles. The van der Waals surface area contributed by atoms with Gasteiger partial charge in [-0.25, -0.2) is 0 Å². The summed E-state index contributed by atoms with van der Waals surface area (Å²) in [6.45, 7) is 9.86. The Balaban J connectivity index is 2.76. The quantitative estimate of drug-likeness (QED) is 0.576. The Kier molecular flexibility index (Phi) is 2.84. The number of nitrogens with two attached hydrogens (primary N) is 1. The van der Waals surface area contributed by atoms with E-state index in [1.54, 1.807) is 0 Å².